The molecule has 9 heteroatoms. The smallest absolute Gasteiger partial charge is 0.508 e. The molecule has 24 heavy (non-hydrogen) atoms. The molecule has 0 heterocycles. The maximum Gasteiger partial charge on any atom is 0.524 e. The maximum absolute atomic E-state index is 11.0. The van der Waals surface area contributed by atoms with Gasteiger partial charge in [-0.25, -0.2) is 4.57 Å². The second kappa shape index (κ2) is 6.80. The predicted octanol–water partition coefficient (Wildman–Crippen LogP) is 1.34. The third-order valence-corrected chi connectivity index (χ3v) is 3.74. The van der Waals surface area contributed by atoms with Crippen molar-refractivity contribution in [3.8, 4) is 17.2 Å². The largest absolute Gasteiger partial charge is 0.524 e. The molecule has 2 aromatic rings. The Hall–Kier alpha value is -2.09. The summed E-state index contributed by atoms with van der Waals surface area (Å²) < 4.78 is 15.4. The minimum Gasteiger partial charge on any atom is -0.508 e. The molecule has 6 N–H and O–H groups in total. The van der Waals surface area contributed by atoms with E-state index in [1.54, 1.807) is 12.1 Å². The molecule has 130 valence electrons. The Morgan fingerprint density at radius 3 is 2.12 bits per heavy atom. The van der Waals surface area contributed by atoms with Crippen LogP contribution in [0.3, 0.4) is 0 Å². The van der Waals surface area contributed by atoms with Crippen molar-refractivity contribution in [3.63, 3.8) is 0 Å². The molecular formula is C15H17O8P. The van der Waals surface area contributed by atoms with Crippen LogP contribution >= 0.6 is 7.82 Å². The molecule has 2 rings (SSSR count). The summed E-state index contributed by atoms with van der Waals surface area (Å²) in [7, 11) is -4.91. The molecule has 0 aliphatic rings. The molecule has 0 aromatic heterocycles. The molecule has 0 amide bonds. The zero-order chi connectivity index (χ0) is 18.0. The molecule has 0 atom stereocenters. The number of aliphatic hydroxyl groups is 2. The molecule has 0 radical (unpaired) electrons. The fourth-order valence-corrected chi connectivity index (χ4v) is 2.57. The fraction of sp³-hybridized carbons (Fsp3) is 0.200. The lowest BCUT2D eigenvalue weighted by Crippen LogP contribution is -2.26. The Bertz CT molecular complexity index is 751. The van der Waals surface area contributed by atoms with Gasteiger partial charge in [-0.05, 0) is 42.3 Å². The second-order valence-electron chi connectivity index (χ2n) is 5.25. The lowest BCUT2D eigenvalue weighted by molar-refractivity contribution is -0.174. The standard InChI is InChI=1S/C15H17O8P/c16-11-3-1-10(2-4-11)7-8-15(18,19)13-9-12(17)5-6-14(13)23-24(20,21)22/h1-6,9,16-19H,7-8H2,(H2,20,21,22). The van der Waals surface area contributed by atoms with Crippen LogP contribution in [-0.4, -0.2) is 30.2 Å². The molecule has 0 saturated heterocycles. The fourth-order valence-electron chi connectivity index (χ4n) is 2.15. The highest BCUT2D eigenvalue weighted by atomic mass is 31.2. The van der Waals surface area contributed by atoms with Gasteiger partial charge in [0.2, 0.25) is 0 Å². The summed E-state index contributed by atoms with van der Waals surface area (Å²) in [5.41, 5.74) is 0.336. The topological polar surface area (TPSA) is 148 Å². The summed E-state index contributed by atoms with van der Waals surface area (Å²) in [6.45, 7) is 0. The number of hydrogen-bond donors (Lipinski definition) is 6. The summed E-state index contributed by atoms with van der Waals surface area (Å²) in [5, 5.41) is 39.3. The van der Waals surface area contributed by atoms with Crippen LogP contribution in [0.25, 0.3) is 0 Å². The number of benzene rings is 2. The lowest BCUT2D eigenvalue weighted by Gasteiger charge is -2.25. The lowest BCUT2D eigenvalue weighted by atomic mass is 9.97. The number of phosphoric acid groups is 1. The van der Waals surface area contributed by atoms with Gasteiger partial charge >= 0.3 is 7.82 Å². The van der Waals surface area contributed by atoms with Crippen LogP contribution in [0.5, 0.6) is 17.2 Å². The molecule has 0 unspecified atom stereocenters. The highest BCUT2D eigenvalue weighted by molar-refractivity contribution is 7.46. The summed E-state index contributed by atoms with van der Waals surface area (Å²) in [6.07, 6.45) is -0.0446. The van der Waals surface area contributed by atoms with Gasteiger partial charge in [0, 0.05) is 6.42 Å². The van der Waals surface area contributed by atoms with Gasteiger partial charge < -0.3 is 24.9 Å². The van der Waals surface area contributed by atoms with Gasteiger partial charge in [-0.2, -0.15) is 0 Å². The van der Waals surface area contributed by atoms with E-state index < -0.39 is 19.4 Å². The Morgan fingerprint density at radius 2 is 1.54 bits per heavy atom. The molecule has 0 aliphatic heterocycles. The van der Waals surface area contributed by atoms with Crippen LogP contribution in [-0.2, 0) is 16.8 Å². The SMILES string of the molecule is O=P(O)(O)Oc1ccc(O)cc1C(O)(O)CCc1ccc(O)cc1. The minimum absolute atomic E-state index is 0.0725. The molecule has 0 fully saturated rings. The van der Waals surface area contributed by atoms with E-state index >= 15 is 0 Å². The van der Waals surface area contributed by atoms with Crippen molar-refractivity contribution >= 4 is 7.82 Å². The Morgan fingerprint density at radius 1 is 0.958 bits per heavy atom. The van der Waals surface area contributed by atoms with Gasteiger partial charge in [-0.15, -0.1) is 0 Å². The molecule has 0 aliphatic carbocycles. The van der Waals surface area contributed by atoms with E-state index in [2.05, 4.69) is 4.52 Å². The van der Waals surface area contributed by atoms with Gasteiger partial charge in [0.25, 0.3) is 0 Å². The van der Waals surface area contributed by atoms with Crippen LogP contribution < -0.4 is 4.52 Å². The molecule has 0 spiro atoms. The zero-order valence-electron chi connectivity index (χ0n) is 12.4. The average Bonchev–Trinajstić information content (AvgIpc) is 2.47. The van der Waals surface area contributed by atoms with Crippen LogP contribution in [0.1, 0.15) is 17.5 Å². The van der Waals surface area contributed by atoms with Crippen LogP contribution in [0, 0.1) is 0 Å². The third kappa shape index (κ3) is 4.95. The van der Waals surface area contributed by atoms with Crippen molar-refractivity contribution < 1.29 is 39.3 Å². The predicted molar refractivity (Wildman–Crippen MR) is 83.3 cm³/mol. The maximum atomic E-state index is 11.0. The summed E-state index contributed by atoms with van der Waals surface area (Å²) in [4.78, 5) is 17.8. The highest BCUT2D eigenvalue weighted by Crippen LogP contribution is 2.43. The number of aryl methyl sites for hydroxylation is 1. The van der Waals surface area contributed by atoms with E-state index in [1.165, 1.54) is 12.1 Å². The Kier molecular flexibility index (Phi) is 5.17. The number of aromatic hydroxyl groups is 2. The summed E-state index contributed by atoms with van der Waals surface area (Å²) in [5.74, 6) is -3.19. The first-order valence-electron chi connectivity index (χ1n) is 6.88. The van der Waals surface area contributed by atoms with Gasteiger partial charge in [0.15, 0.2) is 5.79 Å². The van der Waals surface area contributed by atoms with E-state index in [9.17, 15) is 25.0 Å². The van der Waals surface area contributed by atoms with E-state index in [0.29, 0.717) is 5.56 Å². The van der Waals surface area contributed by atoms with Crippen molar-refractivity contribution in [1.29, 1.82) is 0 Å². The number of phenolic OH excluding ortho intramolecular Hbond substituents is 2. The third-order valence-electron chi connectivity index (χ3n) is 3.31. The molecule has 8 nitrogen and oxygen atoms in total. The Balaban J connectivity index is 2.25. The number of phenols is 2. The first-order chi connectivity index (χ1) is 11.1. The van der Waals surface area contributed by atoms with E-state index in [0.717, 1.165) is 18.2 Å². The van der Waals surface area contributed by atoms with Crippen molar-refractivity contribution in [2.45, 2.75) is 18.6 Å². The van der Waals surface area contributed by atoms with Crippen molar-refractivity contribution in [2.75, 3.05) is 0 Å². The van der Waals surface area contributed by atoms with E-state index in [4.69, 9.17) is 9.79 Å². The van der Waals surface area contributed by atoms with Crippen LogP contribution in [0.2, 0.25) is 0 Å². The molecule has 0 bridgehead atoms. The van der Waals surface area contributed by atoms with Gasteiger partial charge in [-0.1, -0.05) is 12.1 Å². The highest BCUT2D eigenvalue weighted by Gasteiger charge is 2.32. The average molecular weight is 356 g/mol. The van der Waals surface area contributed by atoms with Crippen molar-refractivity contribution in [1.82, 2.24) is 0 Å². The van der Waals surface area contributed by atoms with Gasteiger partial charge in [0.1, 0.15) is 17.2 Å². The summed E-state index contributed by atoms with van der Waals surface area (Å²) in [6, 6.07) is 9.19. The second-order valence-corrected chi connectivity index (χ2v) is 6.41. The van der Waals surface area contributed by atoms with Crippen LogP contribution in [0.4, 0.5) is 0 Å². The monoisotopic (exact) mass is 356 g/mol. The molecule has 2 aromatic carbocycles. The van der Waals surface area contributed by atoms with E-state index in [1.807, 2.05) is 0 Å². The van der Waals surface area contributed by atoms with Crippen LogP contribution in [0.15, 0.2) is 42.5 Å². The quantitative estimate of drug-likeness (QED) is 0.336. The van der Waals surface area contributed by atoms with Gasteiger partial charge in [-0.3, -0.25) is 9.79 Å². The minimum atomic E-state index is -4.91. The number of hydrogen-bond acceptors (Lipinski definition) is 6. The first-order valence-corrected chi connectivity index (χ1v) is 8.41. The first kappa shape index (κ1) is 18.3. The zero-order valence-corrected chi connectivity index (χ0v) is 13.3. The normalized spacial score (nSPS) is 12.2. The Labute approximate surface area is 137 Å². The van der Waals surface area contributed by atoms with Gasteiger partial charge in [0.05, 0.1) is 5.56 Å². The summed E-state index contributed by atoms with van der Waals surface area (Å²) >= 11 is 0. The van der Waals surface area contributed by atoms with E-state index in [-0.39, 0.29) is 29.9 Å². The number of rotatable bonds is 6. The number of phosphoric ester groups is 1. The molecular weight excluding hydrogens is 339 g/mol. The molecule has 0 saturated carbocycles. The van der Waals surface area contributed by atoms with Crippen molar-refractivity contribution in [2.24, 2.45) is 0 Å². The van der Waals surface area contributed by atoms with Crippen molar-refractivity contribution in [3.05, 3.63) is 53.6 Å².